The number of nitrogens with one attached hydrogen (secondary N) is 1. The molecule has 1 N–H and O–H groups in total. The van der Waals surface area contributed by atoms with Gasteiger partial charge in [0.2, 0.25) is 8.32 Å². The molecule has 1 fully saturated rings. The van der Waals surface area contributed by atoms with E-state index in [0.717, 1.165) is 31.2 Å². The van der Waals surface area contributed by atoms with E-state index in [1.807, 2.05) is 30.3 Å². The van der Waals surface area contributed by atoms with Gasteiger partial charge in [-0.2, -0.15) is 0 Å². The Morgan fingerprint density at radius 2 is 1.58 bits per heavy atom. The Bertz CT molecular complexity index is 768. The van der Waals surface area contributed by atoms with Crippen molar-refractivity contribution < 1.29 is 18.8 Å². The molecule has 5 nitrogen and oxygen atoms in total. The van der Waals surface area contributed by atoms with Crippen molar-refractivity contribution in [2.45, 2.75) is 115 Å². The highest BCUT2D eigenvalue weighted by Gasteiger charge is 2.70. The molecule has 0 bridgehead atoms. The van der Waals surface area contributed by atoms with Gasteiger partial charge < -0.3 is 14.5 Å². The third kappa shape index (κ3) is 5.89. The molecular formula is C27H45NO4Si. The topological polar surface area (TPSA) is 64.6 Å². The Kier molecular flexibility index (Phi) is 9.34. The van der Waals surface area contributed by atoms with Crippen molar-refractivity contribution in [1.82, 2.24) is 5.32 Å². The summed E-state index contributed by atoms with van der Waals surface area (Å²) in [6, 6.07) is 9.55. The monoisotopic (exact) mass is 475 g/mol. The van der Waals surface area contributed by atoms with Gasteiger partial charge >= 0.3 is 6.09 Å². The lowest BCUT2D eigenvalue weighted by Crippen LogP contribution is -2.59. The van der Waals surface area contributed by atoms with Crippen LogP contribution in [-0.2, 0) is 14.0 Å². The van der Waals surface area contributed by atoms with Crippen molar-refractivity contribution in [2.24, 2.45) is 0 Å². The molecule has 33 heavy (non-hydrogen) atoms. The maximum Gasteiger partial charge on any atom is 0.407 e. The van der Waals surface area contributed by atoms with Gasteiger partial charge in [0.1, 0.15) is 5.78 Å². The molecule has 1 aliphatic heterocycles. The first kappa shape index (κ1) is 27.6. The number of hydrogen-bond acceptors (Lipinski definition) is 4. The van der Waals surface area contributed by atoms with Gasteiger partial charge in [-0.15, -0.1) is 0 Å². The minimum absolute atomic E-state index is 0.215. The first-order valence-electron chi connectivity index (χ1n) is 12.6. The van der Waals surface area contributed by atoms with Crippen LogP contribution in [0.2, 0.25) is 15.6 Å². The SMILES string of the molecule is CCCCCCC(=O)C1[C@@H](NC(=O)OCC)[C@H](c2ccccc2)O[Si]1(C(C)(C)C)C(C)(C)C. The van der Waals surface area contributed by atoms with Crippen LogP contribution in [0.5, 0.6) is 0 Å². The predicted octanol–water partition coefficient (Wildman–Crippen LogP) is 7.33. The normalized spacial score (nSPS) is 22.7. The Balaban J connectivity index is 2.63. The highest BCUT2D eigenvalue weighted by Crippen LogP contribution is 2.65. The molecule has 1 aliphatic rings. The lowest BCUT2D eigenvalue weighted by molar-refractivity contribution is -0.119. The van der Waals surface area contributed by atoms with Crippen LogP contribution in [0.1, 0.15) is 99.2 Å². The summed E-state index contributed by atoms with van der Waals surface area (Å²) < 4.78 is 12.4. The number of alkyl carbamates (subject to hydrolysis) is 1. The summed E-state index contributed by atoms with van der Waals surface area (Å²) in [5, 5.41) is 2.66. The predicted molar refractivity (Wildman–Crippen MR) is 137 cm³/mol. The van der Waals surface area contributed by atoms with E-state index in [1.165, 1.54) is 0 Å². The molecule has 3 atom stereocenters. The highest BCUT2D eigenvalue weighted by molar-refractivity contribution is 6.84. The zero-order chi connectivity index (χ0) is 24.9. The Morgan fingerprint density at radius 1 is 0.970 bits per heavy atom. The number of ketones is 1. The molecule has 2 rings (SSSR count). The van der Waals surface area contributed by atoms with Crippen molar-refractivity contribution in [3.63, 3.8) is 0 Å². The standard InChI is InChI=1S/C27H45NO4Si/c1-9-11-12-16-19-21(29)24-22(28-25(30)31-10-2)23(20-17-14-13-15-18-20)32-33(24,26(3,4)5)27(6,7)8/h13-15,17-18,22-24H,9-12,16,19H2,1-8H3,(H,28,30)/t22-,23-,24?/m0/s1. The molecule has 1 heterocycles. The van der Waals surface area contributed by atoms with Crippen molar-refractivity contribution in [2.75, 3.05) is 6.61 Å². The van der Waals surface area contributed by atoms with E-state index in [0.29, 0.717) is 6.42 Å². The van der Waals surface area contributed by atoms with Crippen LogP contribution < -0.4 is 5.32 Å². The number of amides is 1. The van der Waals surface area contributed by atoms with Crippen LogP contribution in [0, 0.1) is 0 Å². The molecule has 1 saturated heterocycles. The molecule has 1 aromatic rings. The molecular weight excluding hydrogens is 430 g/mol. The van der Waals surface area contributed by atoms with Crippen LogP contribution in [0.3, 0.4) is 0 Å². The molecule has 6 heteroatoms. The van der Waals surface area contributed by atoms with Crippen molar-refractivity contribution >= 4 is 20.2 Å². The van der Waals surface area contributed by atoms with E-state index in [9.17, 15) is 9.59 Å². The average Bonchev–Trinajstić information content (AvgIpc) is 3.08. The highest BCUT2D eigenvalue weighted by atomic mass is 28.4. The lowest BCUT2D eigenvalue weighted by atomic mass is 9.95. The molecule has 1 unspecified atom stereocenters. The second kappa shape index (κ2) is 11.2. The van der Waals surface area contributed by atoms with Gasteiger partial charge in [-0.05, 0) is 29.0 Å². The van der Waals surface area contributed by atoms with Gasteiger partial charge in [0.15, 0.2) is 0 Å². The average molecular weight is 476 g/mol. The Labute approximate surface area is 202 Å². The summed E-state index contributed by atoms with van der Waals surface area (Å²) in [5.41, 5.74) is 0.639. The quantitative estimate of drug-likeness (QED) is 0.300. The third-order valence-electron chi connectivity index (χ3n) is 6.98. The number of ether oxygens (including phenoxy) is 1. The van der Waals surface area contributed by atoms with Crippen molar-refractivity contribution in [1.29, 1.82) is 0 Å². The van der Waals surface area contributed by atoms with Gasteiger partial charge in [-0.25, -0.2) is 4.79 Å². The number of rotatable bonds is 9. The molecule has 0 aromatic heterocycles. The van der Waals surface area contributed by atoms with Crippen LogP contribution in [-0.4, -0.2) is 32.8 Å². The van der Waals surface area contributed by atoms with E-state index in [-0.39, 0.29) is 34.1 Å². The summed E-state index contributed by atoms with van der Waals surface area (Å²) in [6.45, 7) is 17.5. The van der Waals surface area contributed by atoms with Crippen LogP contribution >= 0.6 is 0 Å². The third-order valence-corrected chi connectivity index (χ3v) is 13.6. The summed E-state index contributed by atoms with van der Waals surface area (Å²) in [5.74, 6) is 0.225. The first-order valence-corrected chi connectivity index (χ1v) is 14.6. The summed E-state index contributed by atoms with van der Waals surface area (Å²) in [4.78, 5) is 26.7. The fourth-order valence-corrected chi connectivity index (χ4v) is 12.9. The molecule has 1 amide bonds. The second-order valence-electron chi connectivity index (χ2n) is 11.3. The number of unbranched alkanes of at least 4 members (excludes halogenated alkanes) is 3. The maximum absolute atomic E-state index is 14.0. The van der Waals surface area contributed by atoms with Crippen LogP contribution in [0.15, 0.2) is 30.3 Å². The van der Waals surface area contributed by atoms with E-state index >= 15 is 0 Å². The summed E-state index contributed by atoms with van der Waals surface area (Å²) >= 11 is 0. The summed E-state index contributed by atoms with van der Waals surface area (Å²) in [6.07, 6.45) is 3.85. The lowest BCUT2D eigenvalue weighted by Gasteiger charge is -2.51. The number of benzene rings is 1. The fraction of sp³-hybridized carbons (Fsp3) is 0.704. The van der Waals surface area contributed by atoms with E-state index in [1.54, 1.807) is 6.92 Å². The van der Waals surface area contributed by atoms with Crippen molar-refractivity contribution in [3.05, 3.63) is 35.9 Å². The van der Waals surface area contributed by atoms with Gasteiger partial charge in [0.05, 0.1) is 24.3 Å². The molecule has 1 aromatic carbocycles. The molecule has 0 aliphatic carbocycles. The van der Waals surface area contributed by atoms with E-state index < -0.39 is 20.5 Å². The molecule has 0 spiro atoms. The number of carbonyl (C=O) groups is 2. The molecule has 186 valence electrons. The van der Waals surface area contributed by atoms with Gasteiger partial charge in [-0.1, -0.05) is 98.1 Å². The summed E-state index contributed by atoms with van der Waals surface area (Å²) in [7, 11) is -2.82. The van der Waals surface area contributed by atoms with Gasteiger partial charge in [0.25, 0.3) is 0 Å². The van der Waals surface area contributed by atoms with E-state index in [2.05, 4.69) is 53.8 Å². The smallest absolute Gasteiger partial charge is 0.407 e. The molecule has 0 radical (unpaired) electrons. The maximum atomic E-state index is 14.0. The minimum Gasteiger partial charge on any atom is -0.450 e. The van der Waals surface area contributed by atoms with E-state index in [4.69, 9.17) is 9.16 Å². The van der Waals surface area contributed by atoms with Gasteiger partial charge in [-0.3, -0.25) is 4.79 Å². The number of Topliss-reactive ketones (excluding diaryl/α,β-unsaturated/α-hetero) is 1. The van der Waals surface area contributed by atoms with Crippen LogP contribution in [0.25, 0.3) is 0 Å². The Morgan fingerprint density at radius 3 is 2.09 bits per heavy atom. The largest absolute Gasteiger partial charge is 0.450 e. The van der Waals surface area contributed by atoms with Crippen LogP contribution in [0.4, 0.5) is 4.79 Å². The number of carbonyl (C=O) groups excluding carboxylic acids is 2. The zero-order valence-electron chi connectivity index (χ0n) is 22.0. The van der Waals surface area contributed by atoms with Gasteiger partial charge in [0, 0.05) is 6.42 Å². The second-order valence-corrected chi connectivity index (χ2v) is 16.7. The fourth-order valence-electron chi connectivity index (χ4n) is 5.88. The number of hydrogen-bond donors (Lipinski definition) is 1. The van der Waals surface area contributed by atoms with Crippen molar-refractivity contribution in [3.8, 4) is 0 Å². The minimum atomic E-state index is -2.82. The molecule has 0 saturated carbocycles. The first-order chi connectivity index (χ1) is 15.4. The zero-order valence-corrected chi connectivity index (χ0v) is 23.0. The Hall–Kier alpha value is -1.66.